The topological polar surface area (TPSA) is 78.9 Å². The fourth-order valence-corrected chi connectivity index (χ4v) is 8.81. The Morgan fingerprint density at radius 2 is 0.565 bits per heavy atom. The van der Waals surface area contributed by atoms with Crippen molar-refractivity contribution in [3.05, 3.63) is 48.6 Å². The number of hydrogen-bond donors (Lipinski definition) is 0. The van der Waals surface area contributed by atoms with Crippen LogP contribution in [-0.4, -0.2) is 37.2 Å². The molecule has 0 aliphatic heterocycles. The summed E-state index contributed by atoms with van der Waals surface area (Å²) in [6.07, 6.45) is 71.2. The van der Waals surface area contributed by atoms with Crippen LogP contribution < -0.4 is 0 Å². The Morgan fingerprint density at radius 3 is 0.928 bits per heavy atom. The summed E-state index contributed by atoms with van der Waals surface area (Å²) < 4.78 is 16.9. The Morgan fingerprint density at radius 1 is 0.304 bits per heavy atom. The van der Waals surface area contributed by atoms with E-state index in [2.05, 4.69) is 69.4 Å². The van der Waals surface area contributed by atoms with Crippen molar-refractivity contribution >= 4 is 17.9 Å². The van der Waals surface area contributed by atoms with Crippen molar-refractivity contribution in [2.75, 3.05) is 13.2 Å². The van der Waals surface area contributed by atoms with Gasteiger partial charge in [0, 0.05) is 19.3 Å². The Hall–Kier alpha value is -2.63. The van der Waals surface area contributed by atoms with Gasteiger partial charge in [-0.2, -0.15) is 0 Å². The Balaban J connectivity index is 4.24. The van der Waals surface area contributed by atoms with Crippen molar-refractivity contribution in [3.8, 4) is 0 Å². The van der Waals surface area contributed by atoms with Gasteiger partial charge in [0.05, 0.1) is 0 Å². The number of rotatable bonds is 55. The van der Waals surface area contributed by atoms with Gasteiger partial charge in [0.25, 0.3) is 0 Å². The third-order valence-corrected chi connectivity index (χ3v) is 13.3. The molecule has 0 aromatic heterocycles. The highest BCUT2D eigenvalue weighted by Gasteiger charge is 2.19. The van der Waals surface area contributed by atoms with E-state index in [4.69, 9.17) is 14.2 Å². The number of carbonyl (C=O) groups excluding carboxylic acids is 3. The lowest BCUT2D eigenvalue weighted by atomic mass is 10.0. The van der Waals surface area contributed by atoms with Gasteiger partial charge in [-0.25, -0.2) is 0 Å². The van der Waals surface area contributed by atoms with Gasteiger partial charge in [-0.3, -0.25) is 14.4 Å². The Kier molecular flexibility index (Phi) is 55.7. The minimum atomic E-state index is -0.783. The molecule has 0 aromatic carbocycles. The molecule has 0 bridgehead atoms. The first-order chi connectivity index (χ1) is 34.0. The molecule has 0 amide bonds. The molecule has 402 valence electrons. The zero-order valence-electron chi connectivity index (χ0n) is 46.1. The molecule has 6 nitrogen and oxygen atoms in total. The summed E-state index contributed by atoms with van der Waals surface area (Å²) in [7, 11) is 0. The predicted molar refractivity (Wildman–Crippen MR) is 298 cm³/mol. The molecule has 0 aromatic rings. The molecule has 0 N–H and O–H groups in total. The van der Waals surface area contributed by atoms with Gasteiger partial charge >= 0.3 is 17.9 Å². The maximum Gasteiger partial charge on any atom is 0.306 e. The Bertz CT molecular complexity index is 1200. The van der Waals surface area contributed by atoms with E-state index >= 15 is 0 Å². The van der Waals surface area contributed by atoms with Crippen LogP contribution in [0.3, 0.4) is 0 Å². The molecule has 6 heteroatoms. The molecule has 1 unspecified atom stereocenters. The van der Waals surface area contributed by atoms with Crippen molar-refractivity contribution in [1.29, 1.82) is 0 Å². The van der Waals surface area contributed by atoms with Gasteiger partial charge in [0.15, 0.2) is 6.10 Å². The van der Waals surface area contributed by atoms with Gasteiger partial charge in [0.2, 0.25) is 0 Å². The van der Waals surface area contributed by atoms with Gasteiger partial charge in [0.1, 0.15) is 13.2 Å². The fraction of sp³-hybridized carbons (Fsp3) is 0.825. The van der Waals surface area contributed by atoms with E-state index in [0.717, 1.165) is 103 Å². The third-order valence-electron chi connectivity index (χ3n) is 13.3. The van der Waals surface area contributed by atoms with Gasteiger partial charge in [-0.15, -0.1) is 0 Å². The van der Waals surface area contributed by atoms with E-state index in [1.54, 1.807) is 0 Å². The second-order valence-electron chi connectivity index (χ2n) is 20.2. The second kappa shape index (κ2) is 57.9. The van der Waals surface area contributed by atoms with Crippen LogP contribution in [0.5, 0.6) is 0 Å². The molecule has 0 fully saturated rings. The maximum absolute atomic E-state index is 12.8. The van der Waals surface area contributed by atoms with Gasteiger partial charge in [-0.05, 0) is 77.0 Å². The van der Waals surface area contributed by atoms with Crippen LogP contribution in [-0.2, 0) is 28.6 Å². The van der Waals surface area contributed by atoms with E-state index in [0.29, 0.717) is 19.3 Å². The monoisotopic (exact) mass is 967 g/mol. The third kappa shape index (κ3) is 56.2. The van der Waals surface area contributed by atoms with Crippen LogP contribution in [0.4, 0.5) is 0 Å². The molecule has 0 heterocycles. The lowest BCUT2D eigenvalue weighted by Crippen LogP contribution is -2.30. The molecule has 0 aliphatic carbocycles. The summed E-state index contributed by atoms with van der Waals surface area (Å²) in [5.41, 5.74) is 0. The van der Waals surface area contributed by atoms with E-state index in [-0.39, 0.29) is 31.1 Å². The average Bonchev–Trinajstić information content (AvgIpc) is 3.35. The molecule has 0 saturated carbocycles. The first kappa shape index (κ1) is 66.4. The van der Waals surface area contributed by atoms with E-state index in [9.17, 15) is 14.4 Å². The number of hydrogen-bond acceptors (Lipinski definition) is 6. The molecule has 0 radical (unpaired) electrons. The first-order valence-corrected chi connectivity index (χ1v) is 30.1. The van der Waals surface area contributed by atoms with E-state index in [1.807, 2.05) is 0 Å². The van der Waals surface area contributed by atoms with Crippen LogP contribution in [0.25, 0.3) is 0 Å². The molecule has 0 spiro atoms. The number of allylic oxidation sites excluding steroid dienone is 8. The quantitative estimate of drug-likeness (QED) is 0.0262. The Labute approximate surface area is 428 Å². The van der Waals surface area contributed by atoms with Crippen LogP contribution in [0.2, 0.25) is 0 Å². The highest BCUT2D eigenvalue weighted by Crippen LogP contribution is 2.17. The van der Waals surface area contributed by atoms with Crippen molar-refractivity contribution in [2.45, 2.75) is 322 Å². The molecule has 0 aliphatic rings. The summed E-state index contributed by atoms with van der Waals surface area (Å²) in [6, 6.07) is 0. The van der Waals surface area contributed by atoms with Gasteiger partial charge in [-0.1, -0.05) is 268 Å². The SMILES string of the molecule is CC/C=C\C/C=C\C/C=C\CCCCCCCC(=O)OC(COC(=O)CCCCCCC/C=C\CCCCC)COC(=O)CCCCCCCCCCCCCCCCCCCCCCCCCC. The summed E-state index contributed by atoms with van der Waals surface area (Å²) in [6.45, 7) is 6.52. The van der Waals surface area contributed by atoms with E-state index in [1.165, 1.54) is 173 Å². The minimum Gasteiger partial charge on any atom is -0.462 e. The van der Waals surface area contributed by atoms with Crippen molar-refractivity contribution in [2.24, 2.45) is 0 Å². The van der Waals surface area contributed by atoms with Crippen LogP contribution in [0.15, 0.2) is 48.6 Å². The minimum absolute atomic E-state index is 0.0798. The average molecular weight is 968 g/mol. The molecule has 0 saturated heterocycles. The zero-order chi connectivity index (χ0) is 50.0. The predicted octanol–water partition coefficient (Wildman–Crippen LogP) is 20.2. The van der Waals surface area contributed by atoms with Crippen LogP contribution >= 0.6 is 0 Å². The largest absolute Gasteiger partial charge is 0.462 e. The number of unbranched alkanes of at least 4 members (excludes halogenated alkanes) is 36. The van der Waals surface area contributed by atoms with Crippen molar-refractivity contribution < 1.29 is 28.6 Å². The summed E-state index contributed by atoms with van der Waals surface area (Å²) >= 11 is 0. The number of esters is 3. The number of carbonyl (C=O) groups is 3. The standard InChI is InChI=1S/C63H114O6/c1-4-7-10-13-16-19-22-25-27-28-29-30-31-32-33-34-35-37-38-41-44-47-50-53-56-62(65)68-59-60(58-67-61(64)55-52-49-46-43-40-24-21-18-15-12-9-6-3)69-63(66)57-54-51-48-45-42-39-36-26-23-20-17-14-11-8-5-2/h8,11,17-18,20-21,26,36,60H,4-7,9-10,12-16,19,22-25,27-35,37-59H2,1-3H3/b11-8-,20-17-,21-18-,36-26-. The molecular formula is C63H114O6. The molecular weight excluding hydrogens is 853 g/mol. The normalized spacial score (nSPS) is 12.3. The van der Waals surface area contributed by atoms with Crippen LogP contribution in [0, 0.1) is 0 Å². The lowest BCUT2D eigenvalue weighted by Gasteiger charge is -2.18. The smallest absolute Gasteiger partial charge is 0.306 e. The summed E-state index contributed by atoms with van der Waals surface area (Å²) in [5, 5.41) is 0. The zero-order valence-corrected chi connectivity index (χ0v) is 46.1. The highest BCUT2D eigenvalue weighted by molar-refractivity contribution is 5.71. The fourth-order valence-electron chi connectivity index (χ4n) is 8.81. The van der Waals surface area contributed by atoms with E-state index < -0.39 is 6.10 Å². The molecule has 69 heavy (non-hydrogen) atoms. The van der Waals surface area contributed by atoms with Gasteiger partial charge < -0.3 is 14.2 Å². The molecule has 0 rings (SSSR count). The van der Waals surface area contributed by atoms with Crippen molar-refractivity contribution in [1.82, 2.24) is 0 Å². The van der Waals surface area contributed by atoms with Crippen molar-refractivity contribution in [3.63, 3.8) is 0 Å². The molecule has 1 atom stereocenters. The first-order valence-electron chi connectivity index (χ1n) is 30.1. The maximum atomic E-state index is 12.8. The highest BCUT2D eigenvalue weighted by atomic mass is 16.6. The van der Waals surface area contributed by atoms with Crippen LogP contribution in [0.1, 0.15) is 316 Å². The number of ether oxygens (including phenoxy) is 3. The summed E-state index contributed by atoms with van der Waals surface area (Å²) in [4.78, 5) is 38.1. The second-order valence-corrected chi connectivity index (χ2v) is 20.2. The summed E-state index contributed by atoms with van der Waals surface area (Å²) in [5.74, 6) is -0.892. The lowest BCUT2D eigenvalue weighted by molar-refractivity contribution is -0.167.